The van der Waals surface area contributed by atoms with E-state index in [-0.39, 0.29) is 11.4 Å². The van der Waals surface area contributed by atoms with E-state index in [0.29, 0.717) is 13.1 Å². The maximum Gasteiger partial charge on any atom is 0.237 e. The van der Waals surface area contributed by atoms with Crippen molar-refractivity contribution < 1.29 is 9.53 Å². The van der Waals surface area contributed by atoms with E-state index in [1.807, 2.05) is 23.1 Å². The van der Waals surface area contributed by atoms with Crippen LogP contribution in [0.4, 0.5) is 0 Å². The van der Waals surface area contributed by atoms with Gasteiger partial charge in [-0.15, -0.1) is 0 Å². The maximum absolute atomic E-state index is 13.1. The minimum Gasteiger partial charge on any atom is -0.379 e. The SMILES string of the molecule is CC(C)(C)N(Cc1ccccc1)C(=O)CN1CCC(CCN2CCOCC2)CC1. The van der Waals surface area contributed by atoms with Gasteiger partial charge in [0.2, 0.25) is 5.91 Å². The van der Waals surface area contributed by atoms with Crippen molar-refractivity contribution in [3.63, 3.8) is 0 Å². The van der Waals surface area contributed by atoms with Crippen molar-refractivity contribution in [2.24, 2.45) is 5.92 Å². The summed E-state index contributed by atoms with van der Waals surface area (Å²) >= 11 is 0. The first-order chi connectivity index (χ1) is 13.9. The summed E-state index contributed by atoms with van der Waals surface area (Å²) in [5.41, 5.74) is 1.02. The van der Waals surface area contributed by atoms with Crippen molar-refractivity contribution in [3.05, 3.63) is 35.9 Å². The van der Waals surface area contributed by atoms with E-state index in [9.17, 15) is 4.79 Å². The maximum atomic E-state index is 13.1. The number of hydrogen-bond donors (Lipinski definition) is 0. The van der Waals surface area contributed by atoms with Gasteiger partial charge in [0.25, 0.3) is 0 Å². The van der Waals surface area contributed by atoms with E-state index < -0.39 is 0 Å². The molecule has 5 nitrogen and oxygen atoms in total. The number of carbonyl (C=O) groups excluding carboxylic acids is 1. The Kier molecular flexibility index (Phi) is 8.10. The second kappa shape index (κ2) is 10.6. The summed E-state index contributed by atoms with van der Waals surface area (Å²) in [6, 6.07) is 10.3. The molecule has 2 heterocycles. The zero-order valence-corrected chi connectivity index (χ0v) is 18.6. The van der Waals surface area contributed by atoms with E-state index in [1.54, 1.807) is 0 Å². The smallest absolute Gasteiger partial charge is 0.237 e. The largest absolute Gasteiger partial charge is 0.379 e. The Balaban J connectivity index is 1.44. The van der Waals surface area contributed by atoms with E-state index in [1.165, 1.54) is 31.4 Å². The molecule has 0 aliphatic carbocycles. The monoisotopic (exact) mass is 401 g/mol. The molecule has 2 saturated heterocycles. The first-order valence-electron chi connectivity index (χ1n) is 11.3. The lowest BCUT2D eigenvalue weighted by molar-refractivity contribution is -0.138. The minimum atomic E-state index is -0.177. The molecule has 1 aromatic rings. The minimum absolute atomic E-state index is 0.177. The number of nitrogens with zero attached hydrogens (tertiary/aromatic N) is 3. The fourth-order valence-electron chi connectivity index (χ4n) is 4.37. The topological polar surface area (TPSA) is 36.0 Å². The van der Waals surface area contributed by atoms with Gasteiger partial charge in [-0.05, 0) is 71.1 Å². The quantitative estimate of drug-likeness (QED) is 0.703. The van der Waals surface area contributed by atoms with Gasteiger partial charge in [-0.25, -0.2) is 0 Å². The molecule has 3 rings (SSSR count). The van der Waals surface area contributed by atoms with Crippen LogP contribution in [-0.4, -0.2) is 78.6 Å². The van der Waals surface area contributed by atoms with Gasteiger partial charge >= 0.3 is 0 Å². The average Bonchev–Trinajstić information content (AvgIpc) is 2.72. The molecule has 0 radical (unpaired) electrons. The van der Waals surface area contributed by atoms with E-state index in [4.69, 9.17) is 4.74 Å². The fourth-order valence-corrected chi connectivity index (χ4v) is 4.37. The zero-order chi connectivity index (χ0) is 20.7. The van der Waals surface area contributed by atoms with E-state index >= 15 is 0 Å². The number of amides is 1. The highest BCUT2D eigenvalue weighted by atomic mass is 16.5. The lowest BCUT2D eigenvalue weighted by Gasteiger charge is -2.39. The summed E-state index contributed by atoms with van der Waals surface area (Å²) in [6.07, 6.45) is 3.71. The van der Waals surface area contributed by atoms with Crippen LogP contribution in [-0.2, 0) is 16.1 Å². The first kappa shape index (κ1) is 22.3. The molecule has 0 unspecified atom stereocenters. The van der Waals surface area contributed by atoms with Crippen LogP contribution < -0.4 is 0 Å². The number of ether oxygens (including phenoxy) is 1. The summed E-state index contributed by atoms with van der Waals surface area (Å²) in [5.74, 6) is 1.04. The number of benzene rings is 1. The fraction of sp³-hybridized carbons (Fsp3) is 0.708. The van der Waals surface area contributed by atoms with Gasteiger partial charge in [-0.3, -0.25) is 14.6 Å². The van der Waals surface area contributed by atoms with Gasteiger partial charge < -0.3 is 9.64 Å². The van der Waals surface area contributed by atoms with Crippen LogP contribution in [0, 0.1) is 5.92 Å². The normalized spacial score (nSPS) is 20.0. The van der Waals surface area contributed by atoms with Crippen LogP contribution in [0.2, 0.25) is 0 Å². The molecule has 1 aromatic carbocycles. The summed E-state index contributed by atoms with van der Waals surface area (Å²) in [7, 11) is 0. The van der Waals surface area contributed by atoms with Crippen LogP contribution in [0.5, 0.6) is 0 Å². The van der Waals surface area contributed by atoms with Gasteiger partial charge in [0.1, 0.15) is 0 Å². The van der Waals surface area contributed by atoms with Crippen LogP contribution in [0.15, 0.2) is 30.3 Å². The van der Waals surface area contributed by atoms with Crippen molar-refractivity contribution in [1.29, 1.82) is 0 Å². The zero-order valence-electron chi connectivity index (χ0n) is 18.6. The average molecular weight is 402 g/mol. The van der Waals surface area contributed by atoms with Crippen LogP contribution in [0.3, 0.4) is 0 Å². The molecular weight excluding hydrogens is 362 g/mol. The molecular formula is C24H39N3O2. The van der Waals surface area contributed by atoms with Crippen LogP contribution >= 0.6 is 0 Å². The molecule has 0 atom stereocenters. The van der Waals surface area contributed by atoms with Crippen LogP contribution in [0.1, 0.15) is 45.6 Å². The first-order valence-corrected chi connectivity index (χ1v) is 11.3. The Bertz CT molecular complexity index is 615. The standard InChI is InChI=1S/C24H39N3O2/c1-24(2,3)27(19-22-7-5-4-6-8-22)23(28)20-26-13-10-21(11-14-26)9-12-25-15-17-29-18-16-25/h4-8,21H,9-20H2,1-3H3. The highest BCUT2D eigenvalue weighted by molar-refractivity contribution is 5.79. The van der Waals surface area contributed by atoms with E-state index in [0.717, 1.165) is 45.3 Å². The molecule has 0 bridgehead atoms. The summed E-state index contributed by atoms with van der Waals surface area (Å²) in [6.45, 7) is 14.8. The lowest BCUT2D eigenvalue weighted by Crippen LogP contribution is -2.50. The van der Waals surface area contributed by atoms with Crippen molar-refractivity contribution in [1.82, 2.24) is 14.7 Å². The molecule has 2 fully saturated rings. The molecule has 29 heavy (non-hydrogen) atoms. The Labute approximate surface area is 177 Å². The van der Waals surface area contributed by atoms with Crippen molar-refractivity contribution in [2.45, 2.75) is 52.1 Å². The number of likely N-dealkylation sites (tertiary alicyclic amines) is 1. The van der Waals surface area contributed by atoms with Gasteiger partial charge in [0.15, 0.2) is 0 Å². The molecule has 0 N–H and O–H groups in total. The third-order valence-corrected chi connectivity index (χ3v) is 6.32. The third-order valence-electron chi connectivity index (χ3n) is 6.32. The molecule has 0 aromatic heterocycles. The second-order valence-electron chi connectivity index (χ2n) is 9.60. The van der Waals surface area contributed by atoms with Gasteiger partial charge in [-0.1, -0.05) is 30.3 Å². The van der Waals surface area contributed by atoms with Gasteiger partial charge in [0, 0.05) is 25.2 Å². The third kappa shape index (κ3) is 7.09. The van der Waals surface area contributed by atoms with Crippen molar-refractivity contribution in [3.8, 4) is 0 Å². The Hall–Kier alpha value is -1.43. The molecule has 2 aliphatic rings. The second-order valence-corrected chi connectivity index (χ2v) is 9.60. The molecule has 5 heteroatoms. The van der Waals surface area contributed by atoms with Gasteiger partial charge in [0.05, 0.1) is 19.8 Å². The molecule has 162 valence electrons. The molecule has 1 amide bonds. The Morgan fingerprint density at radius 1 is 1.03 bits per heavy atom. The number of rotatable bonds is 7. The van der Waals surface area contributed by atoms with E-state index in [2.05, 4.69) is 42.7 Å². The highest BCUT2D eigenvalue weighted by Crippen LogP contribution is 2.23. The Morgan fingerprint density at radius 3 is 2.31 bits per heavy atom. The van der Waals surface area contributed by atoms with Gasteiger partial charge in [-0.2, -0.15) is 0 Å². The summed E-state index contributed by atoms with van der Waals surface area (Å²) < 4.78 is 5.44. The lowest BCUT2D eigenvalue weighted by atomic mass is 9.93. The summed E-state index contributed by atoms with van der Waals surface area (Å²) in [4.78, 5) is 20.1. The van der Waals surface area contributed by atoms with Crippen molar-refractivity contribution >= 4 is 5.91 Å². The number of hydrogen-bond acceptors (Lipinski definition) is 4. The molecule has 0 spiro atoms. The Morgan fingerprint density at radius 2 is 1.69 bits per heavy atom. The number of piperidine rings is 1. The highest BCUT2D eigenvalue weighted by Gasteiger charge is 2.29. The predicted octanol–water partition coefficient (Wildman–Crippen LogP) is 3.25. The number of morpholine rings is 1. The molecule has 0 saturated carbocycles. The predicted molar refractivity (Wildman–Crippen MR) is 118 cm³/mol. The van der Waals surface area contributed by atoms with Crippen molar-refractivity contribution in [2.75, 3.05) is 52.5 Å². The summed E-state index contributed by atoms with van der Waals surface area (Å²) in [5, 5.41) is 0. The number of carbonyl (C=O) groups is 1. The van der Waals surface area contributed by atoms with Crippen LogP contribution in [0.25, 0.3) is 0 Å². The molecule has 2 aliphatic heterocycles.